The summed E-state index contributed by atoms with van der Waals surface area (Å²) in [6.45, 7) is 5.27. The van der Waals surface area contributed by atoms with Crippen molar-refractivity contribution in [2.45, 2.75) is 30.6 Å². The molecule has 1 N–H and O–H groups in total. The van der Waals surface area contributed by atoms with Crippen LogP contribution in [0.3, 0.4) is 0 Å². The van der Waals surface area contributed by atoms with Crippen molar-refractivity contribution in [3.05, 3.63) is 65.4 Å². The van der Waals surface area contributed by atoms with Crippen LogP contribution in [0, 0.1) is 5.41 Å². The van der Waals surface area contributed by atoms with Crippen LogP contribution >= 0.6 is 12.6 Å². The van der Waals surface area contributed by atoms with E-state index in [1.807, 2.05) is 24.3 Å². The average molecular weight is 353 g/mol. The minimum absolute atomic E-state index is 0.213. The highest BCUT2D eigenvalue weighted by Gasteiger charge is 2.43. The molecule has 3 rings (SSSR count). The fraction of sp³-hybridized carbons (Fsp3) is 0.286. The van der Waals surface area contributed by atoms with E-state index in [1.54, 1.807) is 7.11 Å². The Morgan fingerprint density at radius 2 is 1.92 bits per heavy atom. The topological polar surface area (TPSA) is 36.3 Å². The summed E-state index contributed by atoms with van der Waals surface area (Å²) in [5.74, 6) is 0.864. The zero-order valence-corrected chi connectivity index (χ0v) is 15.8. The molecule has 1 atom stereocenters. The first-order valence-corrected chi connectivity index (χ1v) is 8.93. The molecule has 25 heavy (non-hydrogen) atoms. The summed E-state index contributed by atoms with van der Waals surface area (Å²) in [6, 6.07) is 14.6. The third kappa shape index (κ3) is 3.07. The maximum absolute atomic E-state index is 7.64. The van der Waals surface area contributed by atoms with E-state index in [-0.39, 0.29) is 5.41 Å². The van der Waals surface area contributed by atoms with E-state index in [4.69, 9.17) is 10.1 Å². The summed E-state index contributed by atoms with van der Waals surface area (Å²) in [5, 5.41) is 7.64. The van der Waals surface area contributed by atoms with Gasteiger partial charge in [0.2, 0.25) is 0 Å². The summed E-state index contributed by atoms with van der Waals surface area (Å²) in [4.78, 5) is 3.26. The molecule has 1 heterocycles. The van der Waals surface area contributed by atoms with E-state index in [9.17, 15) is 0 Å². The second kappa shape index (κ2) is 6.96. The van der Waals surface area contributed by atoms with Gasteiger partial charge in [-0.2, -0.15) is 0 Å². The van der Waals surface area contributed by atoms with Crippen molar-refractivity contribution in [1.82, 2.24) is 0 Å². The normalized spacial score (nSPS) is 20.6. The number of hydrogen-bond acceptors (Lipinski definition) is 4. The largest absolute Gasteiger partial charge is 0.497 e. The molecule has 0 aromatic heterocycles. The van der Waals surface area contributed by atoms with Crippen LogP contribution in [0.5, 0.6) is 5.75 Å². The third-order valence-corrected chi connectivity index (χ3v) is 5.29. The van der Waals surface area contributed by atoms with Crippen molar-refractivity contribution >= 4 is 24.5 Å². The Morgan fingerprint density at radius 3 is 2.52 bits per heavy atom. The molecule has 3 nitrogen and oxygen atoms in total. The lowest BCUT2D eigenvalue weighted by Gasteiger charge is -2.30. The van der Waals surface area contributed by atoms with Gasteiger partial charge in [0, 0.05) is 34.5 Å². The number of thiol groups is 1. The van der Waals surface area contributed by atoms with Gasteiger partial charge in [-0.15, -0.1) is 12.6 Å². The maximum atomic E-state index is 7.64. The molecule has 130 valence electrons. The van der Waals surface area contributed by atoms with Crippen LogP contribution in [-0.2, 0) is 11.8 Å². The second-order valence-corrected chi connectivity index (χ2v) is 7.04. The molecular formula is C21H24N2OS. The predicted octanol–water partition coefficient (Wildman–Crippen LogP) is 4.86. The van der Waals surface area contributed by atoms with Gasteiger partial charge in [0.1, 0.15) is 5.75 Å². The number of likely N-dealkylation sites (N-methyl/N-ethyl adjacent to an activating group) is 1. The number of ether oxygens (including phenoxy) is 1. The summed E-state index contributed by atoms with van der Waals surface area (Å²) in [6.07, 6.45) is 4.16. The van der Waals surface area contributed by atoms with E-state index in [0.29, 0.717) is 0 Å². The molecule has 2 aromatic carbocycles. The van der Waals surface area contributed by atoms with Crippen molar-refractivity contribution in [2.75, 3.05) is 18.6 Å². The van der Waals surface area contributed by atoms with Gasteiger partial charge >= 0.3 is 0 Å². The number of hydrogen-bond donors (Lipinski definition) is 2. The van der Waals surface area contributed by atoms with Gasteiger partial charge in [0.25, 0.3) is 0 Å². The molecule has 1 aliphatic rings. The van der Waals surface area contributed by atoms with Crippen molar-refractivity contribution in [1.29, 1.82) is 5.41 Å². The monoisotopic (exact) mass is 352 g/mol. The van der Waals surface area contributed by atoms with E-state index in [1.165, 1.54) is 23.0 Å². The first kappa shape index (κ1) is 17.6. The zero-order valence-electron chi connectivity index (χ0n) is 14.9. The first-order chi connectivity index (χ1) is 12.0. The first-order valence-electron chi connectivity index (χ1n) is 8.48. The molecule has 1 unspecified atom stereocenters. The number of fused-ring (bicyclic) bond motifs is 1. The number of nitrogens with one attached hydrogen (secondary N) is 1. The van der Waals surface area contributed by atoms with Crippen LogP contribution in [0.2, 0.25) is 0 Å². The van der Waals surface area contributed by atoms with Crippen molar-refractivity contribution < 1.29 is 4.74 Å². The Morgan fingerprint density at radius 1 is 1.20 bits per heavy atom. The fourth-order valence-corrected chi connectivity index (χ4v) is 3.94. The van der Waals surface area contributed by atoms with Crippen LogP contribution in [0.4, 0.5) is 5.69 Å². The molecule has 1 aliphatic heterocycles. The van der Waals surface area contributed by atoms with E-state index < -0.39 is 0 Å². The molecule has 0 radical (unpaired) electrons. The quantitative estimate of drug-likeness (QED) is 0.596. The number of anilines is 1. The maximum Gasteiger partial charge on any atom is 0.119 e. The summed E-state index contributed by atoms with van der Waals surface area (Å²) in [7, 11) is 1.70. The Balaban J connectivity index is 2.15. The van der Waals surface area contributed by atoms with Gasteiger partial charge in [-0.25, -0.2) is 0 Å². The third-order valence-electron chi connectivity index (χ3n) is 5.00. The van der Waals surface area contributed by atoms with Gasteiger partial charge < -0.3 is 15.0 Å². The Hall–Kier alpha value is -2.20. The van der Waals surface area contributed by atoms with E-state index >= 15 is 0 Å². The second-order valence-electron chi connectivity index (χ2n) is 6.52. The molecule has 0 aliphatic carbocycles. The average Bonchev–Trinajstić information content (AvgIpc) is 2.85. The highest BCUT2D eigenvalue weighted by molar-refractivity contribution is 7.80. The Labute approximate surface area is 155 Å². The van der Waals surface area contributed by atoms with Crippen molar-refractivity contribution in [3.63, 3.8) is 0 Å². The molecule has 0 amide bonds. The van der Waals surface area contributed by atoms with Crippen LogP contribution in [-0.4, -0.2) is 19.9 Å². The molecule has 0 spiro atoms. The molecular weight excluding hydrogens is 328 g/mol. The number of nitrogens with zero attached hydrogens (tertiary/aromatic N) is 1. The number of benzene rings is 2. The van der Waals surface area contributed by atoms with Crippen LogP contribution in [0.25, 0.3) is 0 Å². The van der Waals surface area contributed by atoms with Gasteiger partial charge in [-0.3, -0.25) is 0 Å². The lowest BCUT2D eigenvalue weighted by Crippen LogP contribution is -2.30. The molecule has 0 saturated heterocycles. The number of rotatable bonds is 5. The Bertz CT molecular complexity index is 813. The summed E-state index contributed by atoms with van der Waals surface area (Å²) >= 11 is 4.39. The lowest BCUT2D eigenvalue weighted by atomic mass is 9.76. The molecule has 0 fully saturated rings. The van der Waals surface area contributed by atoms with Crippen LogP contribution in [0.1, 0.15) is 25.0 Å². The van der Waals surface area contributed by atoms with Crippen LogP contribution < -0.4 is 9.64 Å². The number of allylic oxidation sites excluding steroid dienone is 2. The molecule has 4 heteroatoms. The van der Waals surface area contributed by atoms with E-state index in [0.717, 1.165) is 29.3 Å². The van der Waals surface area contributed by atoms with Gasteiger partial charge in [0.15, 0.2) is 0 Å². The lowest BCUT2D eigenvalue weighted by molar-refractivity contribution is 0.413. The SMILES string of the molecule is CCN1/C(=C\C=N)C(C)(Cc2ccc(S)cc2)c2cc(OC)ccc21. The summed E-state index contributed by atoms with van der Waals surface area (Å²) < 4.78 is 5.47. The van der Waals surface area contributed by atoms with Crippen molar-refractivity contribution in [3.8, 4) is 5.75 Å². The molecule has 0 bridgehead atoms. The van der Waals surface area contributed by atoms with Crippen molar-refractivity contribution in [2.24, 2.45) is 0 Å². The highest BCUT2D eigenvalue weighted by atomic mass is 32.1. The fourth-order valence-electron chi connectivity index (χ4n) is 3.79. The van der Waals surface area contributed by atoms with Gasteiger partial charge in [0.05, 0.1) is 7.11 Å². The molecule has 0 saturated carbocycles. The minimum Gasteiger partial charge on any atom is -0.497 e. The molecule has 2 aromatic rings. The minimum atomic E-state index is -0.213. The number of methoxy groups -OCH3 is 1. The standard InChI is InChI=1S/C21H24N2OS/c1-4-23-19-10-7-16(24-3)13-18(19)21(2,20(23)11-12-22)14-15-5-8-17(25)9-6-15/h5-13,22,25H,4,14H2,1-3H3/b20-11-,22-12?. The summed E-state index contributed by atoms with van der Waals surface area (Å²) in [5.41, 5.74) is 4.64. The zero-order chi connectivity index (χ0) is 18.0. The predicted molar refractivity (Wildman–Crippen MR) is 108 cm³/mol. The highest BCUT2D eigenvalue weighted by Crippen LogP contribution is 2.50. The van der Waals surface area contributed by atoms with Crippen LogP contribution in [0.15, 0.2) is 59.1 Å². The van der Waals surface area contributed by atoms with Gasteiger partial charge in [-0.1, -0.05) is 12.1 Å². The van der Waals surface area contributed by atoms with E-state index in [2.05, 4.69) is 55.6 Å². The van der Waals surface area contributed by atoms with Gasteiger partial charge in [-0.05, 0) is 67.8 Å². The Kier molecular flexibility index (Phi) is 4.91. The smallest absolute Gasteiger partial charge is 0.119 e.